The largest absolute Gasteiger partial charge is 0.442 e. The van der Waals surface area contributed by atoms with Gasteiger partial charge in [0, 0.05) is 11.4 Å². The van der Waals surface area contributed by atoms with Crippen LogP contribution in [0.5, 0.6) is 0 Å². The Labute approximate surface area is 424 Å². The molecule has 14 nitrogen and oxygen atoms in total. The highest BCUT2D eigenvalue weighted by atomic mass is 16.6. The van der Waals surface area contributed by atoms with Crippen molar-refractivity contribution in [3.05, 3.63) is 181 Å². The van der Waals surface area contributed by atoms with Crippen LogP contribution in [0.1, 0.15) is 106 Å². The van der Waals surface area contributed by atoms with Gasteiger partial charge in [-0.2, -0.15) is 20.0 Å². The minimum atomic E-state index is -0.915. The number of nitrogens with one attached hydrogen (secondary N) is 2. The van der Waals surface area contributed by atoms with Gasteiger partial charge in [-0.05, 0) is 167 Å². The van der Waals surface area contributed by atoms with Gasteiger partial charge in [0.25, 0.3) is 0 Å². The topological polar surface area (TPSA) is 142 Å². The van der Waals surface area contributed by atoms with Crippen LogP contribution in [0.3, 0.4) is 0 Å². The number of ether oxygens (including phenoxy) is 4. The molecular formula is C58H68N6O8. The highest BCUT2D eigenvalue weighted by molar-refractivity contribution is 6.03. The summed E-state index contributed by atoms with van der Waals surface area (Å²) in [5.74, 6) is 0. The van der Waals surface area contributed by atoms with Crippen molar-refractivity contribution in [2.45, 2.75) is 118 Å². The van der Waals surface area contributed by atoms with Crippen molar-refractivity contribution >= 4 is 58.5 Å². The second kappa shape index (κ2) is 22.4. The molecule has 6 aromatic carbocycles. The third-order valence-corrected chi connectivity index (χ3v) is 10.2. The monoisotopic (exact) mass is 977 g/mol. The summed E-state index contributed by atoms with van der Waals surface area (Å²) in [5, 5.41) is 12.2. The van der Waals surface area contributed by atoms with Gasteiger partial charge in [0.05, 0.1) is 34.8 Å². The average molecular weight is 977 g/mol. The van der Waals surface area contributed by atoms with Crippen molar-refractivity contribution in [3.63, 3.8) is 0 Å². The van der Waals surface area contributed by atoms with E-state index in [-0.39, 0.29) is 0 Å². The fraction of sp³-hybridized carbons (Fsp3) is 0.310. The van der Waals surface area contributed by atoms with Crippen LogP contribution in [0.15, 0.2) is 170 Å². The molecule has 6 rings (SSSR count). The van der Waals surface area contributed by atoms with Gasteiger partial charge in [-0.15, -0.1) is 0 Å². The maximum Gasteiger partial charge on any atom is 0.434 e. The average Bonchev–Trinajstić information content (AvgIpc) is 3.30. The predicted molar refractivity (Wildman–Crippen MR) is 286 cm³/mol. The molecule has 2 atom stereocenters. The van der Waals surface area contributed by atoms with Crippen LogP contribution in [-0.2, 0) is 18.9 Å². The molecule has 2 unspecified atom stereocenters. The first-order valence-corrected chi connectivity index (χ1v) is 23.9. The van der Waals surface area contributed by atoms with Crippen LogP contribution in [-0.4, -0.2) is 46.8 Å². The Morgan fingerprint density at radius 3 is 0.750 bits per heavy atom. The van der Waals surface area contributed by atoms with Gasteiger partial charge in [-0.1, -0.05) is 97.1 Å². The number of hydrogen-bond donors (Lipinski definition) is 2. The van der Waals surface area contributed by atoms with E-state index in [0.29, 0.717) is 22.7 Å². The minimum absolute atomic E-state index is 0.327. The predicted octanol–water partition coefficient (Wildman–Crippen LogP) is 14.9. The lowest BCUT2D eigenvalue weighted by Gasteiger charge is -2.37. The maximum atomic E-state index is 14.4. The molecule has 4 amide bonds. The first-order chi connectivity index (χ1) is 33.9. The lowest BCUT2D eigenvalue weighted by molar-refractivity contribution is 0.0479. The zero-order chi connectivity index (χ0) is 52.4. The molecule has 6 aromatic rings. The molecule has 378 valence electrons. The quantitative estimate of drug-likeness (QED) is 0.0951. The van der Waals surface area contributed by atoms with E-state index in [4.69, 9.17) is 18.9 Å². The Bertz CT molecular complexity index is 2520. The van der Waals surface area contributed by atoms with E-state index in [1.165, 1.54) is 20.0 Å². The van der Waals surface area contributed by atoms with E-state index in [0.717, 1.165) is 22.5 Å². The van der Waals surface area contributed by atoms with E-state index in [1.54, 1.807) is 156 Å². The van der Waals surface area contributed by atoms with E-state index in [2.05, 4.69) is 10.6 Å². The van der Waals surface area contributed by atoms with Crippen LogP contribution >= 0.6 is 0 Å². The van der Waals surface area contributed by atoms with Crippen molar-refractivity contribution in [1.82, 2.24) is 0 Å². The van der Waals surface area contributed by atoms with Crippen LogP contribution in [0.4, 0.5) is 53.3 Å². The van der Waals surface area contributed by atoms with Crippen molar-refractivity contribution in [2.24, 2.45) is 0 Å². The number of benzene rings is 6. The first kappa shape index (κ1) is 53.4. The fourth-order valence-electron chi connectivity index (χ4n) is 7.36. The molecule has 0 fully saturated rings. The standard InChI is InChI=1S/C58H68N6O8/c1-55(2,3)69-51(65)61(45-29-21-15-22-30-45)63(53(67)71-57(7,8)9)47-37-33-41(34-38-47)49(59-43-25-17-13-18-26-43)50(60-44-27-19-14-20-28-44)42-35-39-48(40-36-42)64(54(68)72-58(10,11)12)62(46-31-23-16-24-32-46)52(66)70-56(4,5)6/h13-40,49-50,59-60H,1-12H3. The molecule has 72 heavy (non-hydrogen) atoms. The number of hydrazine groups is 2. The second-order valence-electron chi connectivity index (χ2n) is 21.0. The maximum absolute atomic E-state index is 14.4. The molecule has 0 saturated heterocycles. The highest BCUT2D eigenvalue weighted by Crippen LogP contribution is 2.39. The second-order valence-corrected chi connectivity index (χ2v) is 21.0. The number of anilines is 6. The lowest BCUT2D eigenvalue weighted by Crippen LogP contribution is -2.53. The van der Waals surface area contributed by atoms with Gasteiger partial charge in [-0.3, -0.25) is 0 Å². The van der Waals surface area contributed by atoms with Crippen molar-refractivity contribution in [1.29, 1.82) is 0 Å². The number of para-hydroxylation sites is 4. The van der Waals surface area contributed by atoms with Gasteiger partial charge < -0.3 is 29.6 Å². The summed E-state index contributed by atoms with van der Waals surface area (Å²) in [4.78, 5) is 57.1. The minimum Gasteiger partial charge on any atom is -0.442 e. The summed E-state index contributed by atoms with van der Waals surface area (Å²) in [7, 11) is 0. The van der Waals surface area contributed by atoms with Gasteiger partial charge in [0.15, 0.2) is 0 Å². The number of carbonyl (C=O) groups is 4. The third kappa shape index (κ3) is 15.0. The molecule has 0 heterocycles. The van der Waals surface area contributed by atoms with Crippen LogP contribution < -0.4 is 30.7 Å². The summed E-state index contributed by atoms with van der Waals surface area (Å²) in [5.41, 5.74) is 1.04. The first-order valence-electron chi connectivity index (χ1n) is 23.9. The summed E-state index contributed by atoms with van der Waals surface area (Å²) >= 11 is 0. The number of rotatable bonds is 11. The van der Waals surface area contributed by atoms with Gasteiger partial charge in [-0.25, -0.2) is 19.2 Å². The summed E-state index contributed by atoms with van der Waals surface area (Å²) in [6, 6.07) is 50.7. The zero-order valence-corrected chi connectivity index (χ0v) is 43.4. The molecule has 14 heteroatoms. The van der Waals surface area contributed by atoms with Gasteiger partial charge in [0.1, 0.15) is 22.4 Å². The Morgan fingerprint density at radius 1 is 0.319 bits per heavy atom. The van der Waals surface area contributed by atoms with E-state index >= 15 is 0 Å². The molecule has 0 aliphatic carbocycles. The summed E-state index contributed by atoms with van der Waals surface area (Å²) in [6.45, 7) is 21.1. The Morgan fingerprint density at radius 2 is 0.528 bits per heavy atom. The molecule has 2 N–H and O–H groups in total. The molecule has 0 aromatic heterocycles. The summed E-state index contributed by atoms with van der Waals surface area (Å²) in [6.07, 6.45) is -3.17. The Kier molecular flexibility index (Phi) is 16.6. The van der Waals surface area contributed by atoms with Crippen LogP contribution in [0.2, 0.25) is 0 Å². The number of amides is 4. The molecule has 0 bridgehead atoms. The Hall–Kier alpha value is -8.00. The number of hydrogen-bond acceptors (Lipinski definition) is 10. The molecule has 0 spiro atoms. The molecule has 0 radical (unpaired) electrons. The summed E-state index contributed by atoms with van der Waals surface area (Å²) < 4.78 is 23.7. The fourth-order valence-corrected chi connectivity index (χ4v) is 7.36. The van der Waals surface area contributed by atoms with Crippen molar-refractivity contribution in [3.8, 4) is 0 Å². The van der Waals surface area contributed by atoms with Crippen LogP contribution in [0.25, 0.3) is 0 Å². The van der Waals surface area contributed by atoms with E-state index < -0.39 is 58.9 Å². The molecule has 0 aliphatic rings. The number of carbonyl (C=O) groups excluding carboxylic acids is 4. The molecule has 0 saturated carbocycles. The van der Waals surface area contributed by atoms with Gasteiger partial charge in [0.2, 0.25) is 0 Å². The van der Waals surface area contributed by atoms with E-state index in [1.807, 2.05) is 97.1 Å². The molecule has 0 aliphatic heterocycles. The Balaban J connectivity index is 1.50. The smallest absolute Gasteiger partial charge is 0.434 e. The van der Waals surface area contributed by atoms with Crippen molar-refractivity contribution < 1.29 is 38.1 Å². The third-order valence-electron chi connectivity index (χ3n) is 10.2. The SMILES string of the molecule is CC(C)(C)OC(=O)N(c1ccccc1)N(C(=O)OC(C)(C)C)c1ccc(C(Nc2ccccc2)C(Nc2ccccc2)c2ccc(N(C(=O)OC(C)(C)C)N(C(=O)OC(C)(C)C)c3ccccc3)cc2)cc1. The lowest BCUT2D eigenvalue weighted by atomic mass is 9.92. The normalized spacial score (nSPS) is 12.6. The van der Waals surface area contributed by atoms with Crippen LogP contribution in [0, 0.1) is 0 Å². The highest BCUT2D eigenvalue weighted by Gasteiger charge is 2.38. The van der Waals surface area contributed by atoms with E-state index in [9.17, 15) is 19.2 Å². The van der Waals surface area contributed by atoms with Crippen molar-refractivity contribution in [2.75, 3.05) is 30.7 Å². The van der Waals surface area contributed by atoms with Gasteiger partial charge >= 0.3 is 24.4 Å². The number of nitrogens with zero attached hydrogens (tertiary/aromatic N) is 4. The zero-order valence-electron chi connectivity index (χ0n) is 43.4. The molecular weight excluding hydrogens is 909 g/mol.